The summed E-state index contributed by atoms with van der Waals surface area (Å²) in [4.78, 5) is 9.46. The van der Waals surface area contributed by atoms with E-state index in [1.165, 1.54) is 0 Å². The summed E-state index contributed by atoms with van der Waals surface area (Å²) < 4.78 is 0. The number of nitrogens with zero attached hydrogens (tertiary/aromatic N) is 2. The lowest BCUT2D eigenvalue weighted by Crippen LogP contribution is -1.79. The molecule has 3 heteroatoms. The molecule has 0 aromatic carbocycles. The van der Waals surface area contributed by atoms with Crippen LogP contribution in [-0.4, -0.2) is 9.97 Å². The highest BCUT2D eigenvalue weighted by Gasteiger charge is 2.06. The van der Waals surface area contributed by atoms with Crippen LogP contribution in [0, 0.1) is 19.3 Å². The lowest BCUT2D eigenvalue weighted by molar-refractivity contribution is 1.29. The van der Waals surface area contributed by atoms with Gasteiger partial charge < -0.3 is 0 Å². The fourth-order valence-corrected chi connectivity index (χ4v) is 2.01. The molecule has 0 amide bonds. The van der Waals surface area contributed by atoms with E-state index in [9.17, 15) is 0 Å². The van der Waals surface area contributed by atoms with Gasteiger partial charge in [0.25, 0.3) is 0 Å². The van der Waals surface area contributed by atoms with E-state index in [0.29, 0.717) is 0 Å². The Morgan fingerprint density at radius 3 is 2.93 bits per heavy atom. The van der Waals surface area contributed by atoms with Gasteiger partial charge in [0.2, 0.25) is 0 Å². The third-order valence-corrected chi connectivity index (χ3v) is 2.86. The van der Waals surface area contributed by atoms with Gasteiger partial charge >= 0.3 is 0 Å². The van der Waals surface area contributed by atoms with Gasteiger partial charge in [-0.2, -0.15) is 0 Å². The first kappa shape index (κ1) is 8.92. The van der Waals surface area contributed by atoms with Crippen molar-refractivity contribution in [1.29, 1.82) is 0 Å². The van der Waals surface area contributed by atoms with Crippen LogP contribution in [0.3, 0.4) is 0 Å². The highest BCUT2D eigenvalue weighted by molar-refractivity contribution is 7.15. The van der Waals surface area contributed by atoms with Crippen LogP contribution >= 0.6 is 11.3 Å². The fraction of sp³-hybridized carbons (Fsp3) is 0.0909. The van der Waals surface area contributed by atoms with Crippen molar-refractivity contribution < 1.29 is 0 Å². The Balaban J connectivity index is 2.50. The zero-order valence-corrected chi connectivity index (χ0v) is 8.51. The Morgan fingerprint density at radius 2 is 2.36 bits per heavy atom. The summed E-state index contributed by atoms with van der Waals surface area (Å²) in [5, 5.41) is 0.934. The van der Waals surface area contributed by atoms with Crippen LogP contribution in [0.2, 0.25) is 0 Å². The molecule has 2 aromatic rings. The Labute approximate surface area is 86.7 Å². The third kappa shape index (κ3) is 1.52. The van der Waals surface area contributed by atoms with Gasteiger partial charge in [0, 0.05) is 22.8 Å². The van der Waals surface area contributed by atoms with Crippen molar-refractivity contribution in [2.45, 2.75) is 6.92 Å². The Kier molecular flexibility index (Phi) is 2.30. The summed E-state index contributed by atoms with van der Waals surface area (Å²) in [7, 11) is 0. The second kappa shape index (κ2) is 3.60. The molecule has 0 fully saturated rings. The number of aromatic nitrogens is 2. The number of terminal acetylenes is 1. The summed E-state index contributed by atoms with van der Waals surface area (Å²) in [6, 6.07) is 3.87. The second-order valence-electron chi connectivity index (χ2n) is 2.81. The molecule has 0 aliphatic rings. The van der Waals surface area contributed by atoms with E-state index in [1.807, 2.05) is 19.1 Å². The largest absolute Gasteiger partial charge is 0.264 e. The van der Waals surface area contributed by atoms with Gasteiger partial charge in [-0.05, 0) is 25.0 Å². The van der Waals surface area contributed by atoms with Crippen LogP contribution in [-0.2, 0) is 0 Å². The molecule has 2 heterocycles. The zero-order valence-electron chi connectivity index (χ0n) is 7.69. The van der Waals surface area contributed by atoms with Crippen molar-refractivity contribution in [3.8, 4) is 22.9 Å². The minimum Gasteiger partial charge on any atom is -0.264 e. The minimum atomic E-state index is 0.730. The van der Waals surface area contributed by atoms with Crippen molar-refractivity contribution in [2.24, 2.45) is 0 Å². The van der Waals surface area contributed by atoms with Crippen molar-refractivity contribution in [1.82, 2.24) is 9.97 Å². The summed E-state index contributed by atoms with van der Waals surface area (Å²) in [6.07, 6.45) is 8.85. The molecule has 2 aromatic heterocycles. The van der Waals surface area contributed by atoms with Gasteiger partial charge in [-0.1, -0.05) is 0 Å². The summed E-state index contributed by atoms with van der Waals surface area (Å²) >= 11 is 1.60. The number of hydrogen-bond donors (Lipinski definition) is 0. The van der Waals surface area contributed by atoms with E-state index >= 15 is 0 Å². The maximum Gasteiger partial charge on any atom is 0.127 e. The lowest BCUT2D eigenvalue weighted by atomic mass is 10.3. The number of rotatable bonds is 1. The predicted octanol–water partition coefficient (Wildman–Crippen LogP) is 2.49. The quantitative estimate of drug-likeness (QED) is 0.661. The number of hydrogen-bond acceptors (Lipinski definition) is 3. The summed E-state index contributed by atoms with van der Waals surface area (Å²) in [5.74, 6) is 2.56. The standard InChI is InChI=1S/C11H8N2S/c1-3-10-8(2)14-11(13-10)9-5-4-6-12-7-9/h1,4-7H,2H3. The molecule has 0 N–H and O–H groups in total. The molecule has 0 saturated heterocycles. The van der Waals surface area contributed by atoms with Gasteiger partial charge in [-0.25, -0.2) is 4.98 Å². The van der Waals surface area contributed by atoms with Crippen LogP contribution in [0.4, 0.5) is 0 Å². The maximum absolute atomic E-state index is 5.32. The fourth-order valence-electron chi connectivity index (χ4n) is 1.14. The average Bonchev–Trinajstić information content (AvgIpc) is 2.61. The Hall–Kier alpha value is -1.66. The Bertz CT molecular complexity index is 480. The first-order chi connectivity index (χ1) is 6.81. The van der Waals surface area contributed by atoms with E-state index in [4.69, 9.17) is 6.42 Å². The molecule has 14 heavy (non-hydrogen) atoms. The monoisotopic (exact) mass is 200 g/mol. The van der Waals surface area contributed by atoms with Gasteiger partial charge in [0.15, 0.2) is 0 Å². The van der Waals surface area contributed by atoms with E-state index in [2.05, 4.69) is 15.9 Å². The molecular weight excluding hydrogens is 192 g/mol. The van der Waals surface area contributed by atoms with Gasteiger partial charge in [-0.3, -0.25) is 4.98 Å². The Morgan fingerprint density at radius 1 is 1.50 bits per heavy atom. The van der Waals surface area contributed by atoms with Gasteiger partial charge in [0.1, 0.15) is 10.7 Å². The lowest BCUT2D eigenvalue weighted by Gasteiger charge is -1.91. The molecule has 0 aliphatic carbocycles. The first-order valence-electron chi connectivity index (χ1n) is 4.15. The molecule has 2 nitrogen and oxygen atoms in total. The molecule has 0 radical (unpaired) electrons. The van der Waals surface area contributed by atoms with Gasteiger partial charge in [-0.15, -0.1) is 17.8 Å². The predicted molar refractivity (Wildman–Crippen MR) is 58.0 cm³/mol. The maximum atomic E-state index is 5.32. The molecule has 0 spiro atoms. The highest BCUT2D eigenvalue weighted by atomic mass is 32.1. The van der Waals surface area contributed by atoms with Gasteiger partial charge in [0.05, 0.1) is 0 Å². The van der Waals surface area contributed by atoms with E-state index < -0.39 is 0 Å². The number of pyridine rings is 1. The van der Waals surface area contributed by atoms with E-state index in [-0.39, 0.29) is 0 Å². The molecule has 0 aliphatic heterocycles. The van der Waals surface area contributed by atoms with Crippen molar-refractivity contribution in [3.63, 3.8) is 0 Å². The smallest absolute Gasteiger partial charge is 0.127 e. The van der Waals surface area contributed by atoms with E-state index in [0.717, 1.165) is 21.1 Å². The average molecular weight is 200 g/mol. The van der Waals surface area contributed by atoms with Crippen LogP contribution in [0.5, 0.6) is 0 Å². The SMILES string of the molecule is C#Cc1nc(-c2cccnc2)sc1C. The van der Waals surface area contributed by atoms with Crippen LogP contribution in [0.25, 0.3) is 10.6 Å². The van der Waals surface area contributed by atoms with Crippen LogP contribution in [0.15, 0.2) is 24.5 Å². The zero-order chi connectivity index (χ0) is 9.97. The summed E-state index contributed by atoms with van der Waals surface area (Å²) in [6.45, 7) is 1.98. The van der Waals surface area contributed by atoms with E-state index in [1.54, 1.807) is 23.7 Å². The number of aryl methyl sites for hydroxylation is 1. The van der Waals surface area contributed by atoms with Crippen molar-refractivity contribution in [3.05, 3.63) is 35.1 Å². The minimum absolute atomic E-state index is 0.730. The highest BCUT2D eigenvalue weighted by Crippen LogP contribution is 2.26. The topological polar surface area (TPSA) is 25.8 Å². The molecule has 68 valence electrons. The molecule has 2 rings (SSSR count). The molecule has 0 atom stereocenters. The third-order valence-electron chi connectivity index (χ3n) is 1.84. The normalized spacial score (nSPS) is 9.71. The van der Waals surface area contributed by atoms with Crippen molar-refractivity contribution in [2.75, 3.05) is 0 Å². The molecule has 0 saturated carbocycles. The first-order valence-corrected chi connectivity index (χ1v) is 4.97. The molecular formula is C11H8N2S. The molecule has 0 unspecified atom stereocenters. The number of thiazole rings is 1. The van der Waals surface area contributed by atoms with Crippen molar-refractivity contribution >= 4 is 11.3 Å². The summed E-state index contributed by atoms with van der Waals surface area (Å²) in [5.41, 5.74) is 1.75. The van der Waals surface area contributed by atoms with Crippen LogP contribution < -0.4 is 0 Å². The second-order valence-corrected chi connectivity index (χ2v) is 4.01. The van der Waals surface area contributed by atoms with Crippen LogP contribution in [0.1, 0.15) is 10.6 Å². The molecule has 0 bridgehead atoms.